The Labute approximate surface area is 205 Å². The van der Waals surface area contributed by atoms with Crippen LogP contribution < -0.4 is 4.74 Å². The van der Waals surface area contributed by atoms with Crippen LogP contribution in [0.4, 0.5) is 5.69 Å². The molecule has 0 aliphatic carbocycles. The van der Waals surface area contributed by atoms with E-state index < -0.39 is 4.92 Å². The van der Waals surface area contributed by atoms with Crippen molar-refractivity contribution in [1.29, 1.82) is 0 Å². The van der Waals surface area contributed by atoms with E-state index in [1.54, 1.807) is 36.7 Å². The highest BCUT2D eigenvalue weighted by molar-refractivity contribution is 5.78. The van der Waals surface area contributed by atoms with Gasteiger partial charge in [0.05, 0.1) is 50.8 Å². The van der Waals surface area contributed by atoms with Crippen LogP contribution in [0.5, 0.6) is 11.5 Å². The van der Waals surface area contributed by atoms with Crippen LogP contribution >= 0.6 is 0 Å². The quantitative estimate of drug-likeness (QED) is 0.206. The molecule has 8 nitrogen and oxygen atoms in total. The number of para-hydroxylation sites is 4. The van der Waals surface area contributed by atoms with Crippen LogP contribution in [-0.2, 0) is 0 Å². The fraction of sp³-hybridized carbons (Fsp3) is 0. The first-order chi connectivity index (χ1) is 17.6. The van der Waals surface area contributed by atoms with Gasteiger partial charge < -0.3 is 4.74 Å². The van der Waals surface area contributed by atoms with Gasteiger partial charge in [-0.2, -0.15) is 0 Å². The van der Waals surface area contributed by atoms with Crippen molar-refractivity contribution in [2.75, 3.05) is 0 Å². The van der Waals surface area contributed by atoms with E-state index in [9.17, 15) is 10.1 Å². The molecule has 8 heteroatoms. The van der Waals surface area contributed by atoms with Crippen molar-refractivity contribution in [1.82, 2.24) is 19.9 Å². The molecular formula is C28H17N5O3. The van der Waals surface area contributed by atoms with Crippen LogP contribution in [0.15, 0.2) is 103 Å². The van der Waals surface area contributed by atoms with Gasteiger partial charge in [0, 0.05) is 17.2 Å². The molecule has 0 saturated carbocycles. The summed E-state index contributed by atoms with van der Waals surface area (Å²) in [6, 6.07) is 27.1. The number of hydrogen-bond acceptors (Lipinski definition) is 7. The Kier molecular flexibility index (Phi) is 5.23. The fourth-order valence-electron chi connectivity index (χ4n) is 3.92. The van der Waals surface area contributed by atoms with E-state index in [-0.39, 0.29) is 11.4 Å². The van der Waals surface area contributed by atoms with Crippen molar-refractivity contribution in [3.63, 3.8) is 0 Å². The molecular weight excluding hydrogens is 454 g/mol. The van der Waals surface area contributed by atoms with Crippen molar-refractivity contribution in [3.05, 3.63) is 114 Å². The number of nitro benzene ring substituents is 1. The minimum Gasteiger partial charge on any atom is -0.450 e. The monoisotopic (exact) mass is 471 g/mol. The maximum absolute atomic E-state index is 11.8. The van der Waals surface area contributed by atoms with Crippen LogP contribution in [0.1, 0.15) is 0 Å². The minimum atomic E-state index is -0.466. The third-order valence-corrected chi connectivity index (χ3v) is 5.73. The van der Waals surface area contributed by atoms with E-state index in [0.29, 0.717) is 22.5 Å². The Morgan fingerprint density at radius 2 is 1.17 bits per heavy atom. The molecule has 6 aromatic rings. The van der Waals surface area contributed by atoms with E-state index in [1.165, 1.54) is 6.07 Å². The number of aromatic nitrogens is 4. The van der Waals surface area contributed by atoms with Gasteiger partial charge in [-0.25, -0.2) is 9.97 Å². The number of rotatable bonds is 5. The number of fused-ring (bicyclic) bond motifs is 2. The highest BCUT2D eigenvalue weighted by atomic mass is 16.6. The molecule has 0 bridgehead atoms. The van der Waals surface area contributed by atoms with E-state index in [4.69, 9.17) is 4.74 Å². The highest BCUT2D eigenvalue weighted by Crippen LogP contribution is 2.35. The van der Waals surface area contributed by atoms with Crippen molar-refractivity contribution < 1.29 is 9.66 Å². The fourth-order valence-corrected chi connectivity index (χ4v) is 3.92. The summed E-state index contributed by atoms with van der Waals surface area (Å²) in [6.45, 7) is 0. The van der Waals surface area contributed by atoms with Gasteiger partial charge in [-0.3, -0.25) is 20.1 Å². The van der Waals surface area contributed by atoms with Gasteiger partial charge in [0.1, 0.15) is 5.75 Å². The van der Waals surface area contributed by atoms with E-state index in [1.807, 2.05) is 60.7 Å². The van der Waals surface area contributed by atoms with Crippen LogP contribution in [0.2, 0.25) is 0 Å². The Bertz CT molecular complexity index is 1750. The zero-order valence-corrected chi connectivity index (χ0v) is 18.8. The summed E-state index contributed by atoms with van der Waals surface area (Å²) in [5.74, 6) is 0.601. The summed E-state index contributed by atoms with van der Waals surface area (Å²) in [5, 5.41) is 11.8. The average molecular weight is 471 g/mol. The number of nitrogens with zero attached hydrogens (tertiary/aromatic N) is 5. The smallest absolute Gasteiger partial charge is 0.312 e. The zero-order chi connectivity index (χ0) is 24.5. The molecule has 0 fully saturated rings. The first-order valence-electron chi connectivity index (χ1n) is 11.1. The number of nitro groups is 1. The van der Waals surface area contributed by atoms with Gasteiger partial charge in [-0.05, 0) is 60.7 Å². The second-order valence-electron chi connectivity index (χ2n) is 8.05. The predicted molar refractivity (Wildman–Crippen MR) is 137 cm³/mol. The van der Waals surface area contributed by atoms with Gasteiger partial charge in [-0.1, -0.05) is 24.3 Å². The van der Waals surface area contributed by atoms with Crippen molar-refractivity contribution >= 4 is 27.8 Å². The lowest BCUT2D eigenvalue weighted by Gasteiger charge is -2.09. The standard InChI is InChI=1S/C28H17N5O3/c34-33(35)27-15-19(26-17-30-22-6-2-4-8-24(22)32-26)11-14-28(27)36-20-12-9-18(10-13-20)25-16-29-21-5-1-3-7-23(21)31-25/h1-17H. The summed E-state index contributed by atoms with van der Waals surface area (Å²) in [4.78, 5) is 29.4. The SMILES string of the molecule is O=[N+]([O-])c1cc(-c2cnc3ccccc3n2)ccc1Oc1ccc(-c2cnc3ccccc3n2)cc1. The third kappa shape index (κ3) is 4.07. The van der Waals surface area contributed by atoms with Crippen molar-refractivity contribution in [2.24, 2.45) is 0 Å². The second-order valence-corrected chi connectivity index (χ2v) is 8.05. The highest BCUT2D eigenvalue weighted by Gasteiger charge is 2.18. The van der Waals surface area contributed by atoms with Crippen LogP contribution in [0.25, 0.3) is 44.6 Å². The maximum atomic E-state index is 11.8. The van der Waals surface area contributed by atoms with E-state index in [2.05, 4.69) is 19.9 Å². The molecule has 0 N–H and O–H groups in total. The molecule has 2 heterocycles. The van der Waals surface area contributed by atoms with Gasteiger partial charge >= 0.3 is 5.69 Å². The summed E-state index contributed by atoms with van der Waals surface area (Å²) in [6.07, 6.45) is 3.33. The number of ether oxygens (including phenoxy) is 1. The summed E-state index contributed by atoms with van der Waals surface area (Å²) < 4.78 is 5.88. The van der Waals surface area contributed by atoms with Crippen molar-refractivity contribution in [3.8, 4) is 34.0 Å². The maximum Gasteiger partial charge on any atom is 0.312 e. The number of hydrogen-bond donors (Lipinski definition) is 0. The molecule has 2 aromatic heterocycles. The summed E-state index contributed by atoms with van der Waals surface area (Å²) in [5.41, 5.74) is 5.66. The van der Waals surface area contributed by atoms with Crippen LogP contribution in [-0.4, -0.2) is 24.9 Å². The Morgan fingerprint density at radius 3 is 1.75 bits per heavy atom. The predicted octanol–water partition coefficient (Wildman–Crippen LogP) is 6.61. The molecule has 0 aliphatic heterocycles. The molecule has 0 spiro atoms. The molecule has 0 atom stereocenters. The van der Waals surface area contributed by atoms with E-state index in [0.717, 1.165) is 27.8 Å². The molecule has 36 heavy (non-hydrogen) atoms. The average Bonchev–Trinajstić information content (AvgIpc) is 2.93. The Morgan fingerprint density at radius 1 is 0.639 bits per heavy atom. The topological polar surface area (TPSA) is 104 Å². The normalized spacial score (nSPS) is 11.0. The summed E-state index contributed by atoms with van der Waals surface area (Å²) in [7, 11) is 0. The van der Waals surface area contributed by atoms with Gasteiger partial charge in [-0.15, -0.1) is 0 Å². The third-order valence-electron chi connectivity index (χ3n) is 5.73. The second kappa shape index (κ2) is 8.84. The zero-order valence-electron chi connectivity index (χ0n) is 18.8. The van der Waals surface area contributed by atoms with Crippen LogP contribution in [0, 0.1) is 10.1 Å². The van der Waals surface area contributed by atoms with Crippen LogP contribution in [0.3, 0.4) is 0 Å². The lowest BCUT2D eigenvalue weighted by molar-refractivity contribution is -0.385. The van der Waals surface area contributed by atoms with Gasteiger partial charge in [0.2, 0.25) is 5.75 Å². The molecule has 0 aliphatic rings. The largest absolute Gasteiger partial charge is 0.450 e. The first kappa shape index (κ1) is 21.3. The first-order valence-corrected chi connectivity index (χ1v) is 11.1. The molecule has 4 aromatic carbocycles. The molecule has 0 saturated heterocycles. The lowest BCUT2D eigenvalue weighted by Crippen LogP contribution is -1.95. The van der Waals surface area contributed by atoms with Gasteiger partial charge in [0.25, 0.3) is 0 Å². The Hall–Kier alpha value is -5.24. The van der Waals surface area contributed by atoms with E-state index >= 15 is 0 Å². The molecule has 6 rings (SSSR count). The summed E-state index contributed by atoms with van der Waals surface area (Å²) >= 11 is 0. The van der Waals surface area contributed by atoms with Gasteiger partial charge in [0.15, 0.2) is 0 Å². The molecule has 0 amide bonds. The number of benzene rings is 4. The molecule has 172 valence electrons. The lowest BCUT2D eigenvalue weighted by atomic mass is 10.1. The Balaban J connectivity index is 1.28. The molecule has 0 unspecified atom stereocenters. The minimum absolute atomic E-state index is 0.135. The molecule has 0 radical (unpaired) electrons. The van der Waals surface area contributed by atoms with Crippen molar-refractivity contribution in [2.45, 2.75) is 0 Å².